The van der Waals surface area contributed by atoms with Crippen molar-refractivity contribution in [3.63, 3.8) is 0 Å². The zero-order valence-electron chi connectivity index (χ0n) is 11.3. The van der Waals surface area contributed by atoms with E-state index in [4.69, 9.17) is 5.11 Å². The molecule has 3 nitrogen and oxygen atoms in total. The molecule has 0 saturated heterocycles. The van der Waals surface area contributed by atoms with Crippen molar-refractivity contribution < 1.29 is 15.0 Å². The average Bonchev–Trinajstić information content (AvgIpc) is 2.29. The number of carboxylic acids is 1. The highest BCUT2D eigenvalue weighted by molar-refractivity contribution is 5.71. The molecule has 0 bridgehead atoms. The Balaban J connectivity index is 2.80. The molecule has 0 aliphatic rings. The Morgan fingerprint density at radius 3 is 2.17 bits per heavy atom. The number of rotatable bonds is 6. The van der Waals surface area contributed by atoms with E-state index in [-0.39, 0.29) is 0 Å². The lowest BCUT2D eigenvalue weighted by Gasteiger charge is -2.18. The Kier molecular flexibility index (Phi) is 5.35. The number of hydrogen-bond donors (Lipinski definition) is 2. The van der Waals surface area contributed by atoms with Crippen LogP contribution < -0.4 is 0 Å². The Hall–Kier alpha value is -1.35. The predicted molar refractivity (Wildman–Crippen MR) is 71.4 cm³/mol. The summed E-state index contributed by atoms with van der Waals surface area (Å²) in [4.78, 5) is 11.0. The van der Waals surface area contributed by atoms with Crippen molar-refractivity contribution in [1.82, 2.24) is 0 Å². The average molecular weight is 250 g/mol. The topological polar surface area (TPSA) is 57.5 Å². The zero-order chi connectivity index (χ0) is 13.7. The lowest BCUT2D eigenvalue weighted by Crippen LogP contribution is -2.21. The smallest absolute Gasteiger partial charge is 0.309 e. The van der Waals surface area contributed by atoms with E-state index in [1.165, 1.54) is 5.56 Å². The van der Waals surface area contributed by atoms with Crippen LogP contribution in [0.15, 0.2) is 24.3 Å². The van der Waals surface area contributed by atoms with Gasteiger partial charge in [0, 0.05) is 0 Å². The third-order valence-electron chi connectivity index (χ3n) is 3.10. The van der Waals surface area contributed by atoms with Crippen LogP contribution in [0.3, 0.4) is 0 Å². The lowest BCUT2D eigenvalue weighted by molar-refractivity contribution is -0.146. The fraction of sp³-hybridized carbons (Fsp3) is 0.533. The highest BCUT2D eigenvalue weighted by Gasteiger charge is 2.25. The van der Waals surface area contributed by atoms with Crippen LogP contribution >= 0.6 is 0 Å². The third-order valence-corrected chi connectivity index (χ3v) is 3.10. The Labute approximate surface area is 108 Å². The summed E-state index contributed by atoms with van der Waals surface area (Å²) in [7, 11) is 0. The molecule has 0 saturated carbocycles. The van der Waals surface area contributed by atoms with Crippen LogP contribution in [0.25, 0.3) is 0 Å². The summed E-state index contributed by atoms with van der Waals surface area (Å²) < 4.78 is 0. The maximum atomic E-state index is 11.0. The first kappa shape index (κ1) is 14.7. The van der Waals surface area contributed by atoms with Crippen molar-refractivity contribution in [2.45, 2.75) is 39.7 Å². The van der Waals surface area contributed by atoms with Gasteiger partial charge >= 0.3 is 5.97 Å². The first-order chi connectivity index (χ1) is 8.45. The Morgan fingerprint density at radius 2 is 1.78 bits per heavy atom. The van der Waals surface area contributed by atoms with Crippen molar-refractivity contribution in [3.8, 4) is 0 Å². The first-order valence-electron chi connectivity index (χ1n) is 6.45. The standard InChI is InChI=1S/C15H22O3/c1-4-13(15(17)18)14(16)12-7-5-11(6-8-12)9-10(2)3/h5-8,10,13-14,16H,4,9H2,1-3H3,(H,17,18). The zero-order valence-corrected chi connectivity index (χ0v) is 11.3. The Morgan fingerprint density at radius 1 is 1.22 bits per heavy atom. The maximum absolute atomic E-state index is 11.0. The van der Waals surface area contributed by atoms with Gasteiger partial charge in [-0.3, -0.25) is 4.79 Å². The molecule has 100 valence electrons. The molecule has 18 heavy (non-hydrogen) atoms. The molecule has 0 aromatic heterocycles. The molecule has 0 aliphatic carbocycles. The van der Waals surface area contributed by atoms with E-state index in [2.05, 4.69) is 13.8 Å². The lowest BCUT2D eigenvalue weighted by atomic mass is 9.92. The minimum absolute atomic E-state index is 0.421. The summed E-state index contributed by atoms with van der Waals surface area (Å²) in [6.45, 7) is 6.08. The predicted octanol–water partition coefficient (Wildman–Crippen LogP) is 3.03. The molecule has 0 radical (unpaired) electrons. The molecule has 2 N–H and O–H groups in total. The number of benzene rings is 1. The molecule has 2 atom stereocenters. The molecule has 1 rings (SSSR count). The summed E-state index contributed by atoms with van der Waals surface area (Å²) in [5.74, 6) is -1.10. The van der Waals surface area contributed by atoms with Gasteiger partial charge in [-0.1, -0.05) is 45.0 Å². The monoisotopic (exact) mass is 250 g/mol. The second-order valence-electron chi connectivity index (χ2n) is 5.14. The molecular formula is C15H22O3. The number of aliphatic hydroxyl groups is 1. The fourth-order valence-electron chi connectivity index (χ4n) is 2.09. The largest absolute Gasteiger partial charge is 0.481 e. The van der Waals surface area contributed by atoms with Crippen LogP contribution in [-0.2, 0) is 11.2 Å². The molecule has 0 amide bonds. The van der Waals surface area contributed by atoms with Crippen molar-refractivity contribution in [2.24, 2.45) is 11.8 Å². The quantitative estimate of drug-likeness (QED) is 0.816. The van der Waals surface area contributed by atoms with Crippen molar-refractivity contribution in [3.05, 3.63) is 35.4 Å². The molecular weight excluding hydrogens is 228 g/mol. The van der Waals surface area contributed by atoms with Gasteiger partial charge in [-0.15, -0.1) is 0 Å². The van der Waals surface area contributed by atoms with Crippen molar-refractivity contribution in [2.75, 3.05) is 0 Å². The molecule has 3 heteroatoms. The summed E-state index contributed by atoms with van der Waals surface area (Å²) >= 11 is 0. The number of carbonyl (C=O) groups is 1. The normalized spacial score (nSPS) is 14.5. The van der Waals surface area contributed by atoms with Gasteiger partial charge in [-0.2, -0.15) is 0 Å². The second kappa shape index (κ2) is 6.55. The molecule has 0 aliphatic heterocycles. The van der Waals surface area contributed by atoms with E-state index in [0.717, 1.165) is 6.42 Å². The van der Waals surface area contributed by atoms with Crippen LogP contribution in [0, 0.1) is 11.8 Å². The maximum Gasteiger partial charge on any atom is 0.309 e. The third kappa shape index (κ3) is 3.84. The second-order valence-corrected chi connectivity index (χ2v) is 5.14. The van der Waals surface area contributed by atoms with Gasteiger partial charge in [-0.05, 0) is 29.9 Å². The van der Waals surface area contributed by atoms with E-state index in [1.54, 1.807) is 6.92 Å². The van der Waals surface area contributed by atoms with Gasteiger partial charge in [0.1, 0.15) is 0 Å². The van der Waals surface area contributed by atoms with Crippen LogP contribution in [0.4, 0.5) is 0 Å². The number of hydrogen-bond acceptors (Lipinski definition) is 2. The van der Waals surface area contributed by atoms with Crippen molar-refractivity contribution >= 4 is 5.97 Å². The van der Waals surface area contributed by atoms with Gasteiger partial charge in [0.05, 0.1) is 12.0 Å². The van der Waals surface area contributed by atoms with Gasteiger partial charge in [0.15, 0.2) is 0 Å². The minimum atomic E-state index is -0.948. The molecule has 0 fully saturated rings. The first-order valence-corrected chi connectivity index (χ1v) is 6.45. The van der Waals surface area contributed by atoms with Gasteiger partial charge < -0.3 is 10.2 Å². The molecule has 0 heterocycles. The summed E-state index contributed by atoms with van der Waals surface area (Å²) in [5, 5.41) is 19.1. The van der Waals surface area contributed by atoms with E-state index in [9.17, 15) is 9.90 Å². The van der Waals surface area contributed by atoms with Crippen LogP contribution in [-0.4, -0.2) is 16.2 Å². The fourth-order valence-corrected chi connectivity index (χ4v) is 2.09. The molecule has 0 spiro atoms. The Bertz CT molecular complexity index is 381. The number of aliphatic hydroxyl groups excluding tert-OH is 1. The summed E-state index contributed by atoms with van der Waals surface area (Å²) in [6, 6.07) is 7.59. The SMILES string of the molecule is CCC(C(=O)O)C(O)c1ccc(CC(C)C)cc1. The highest BCUT2D eigenvalue weighted by atomic mass is 16.4. The van der Waals surface area contributed by atoms with Gasteiger partial charge in [-0.25, -0.2) is 0 Å². The summed E-state index contributed by atoms with van der Waals surface area (Å²) in [6.07, 6.45) is 0.483. The van der Waals surface area contributed by atoms with E-state index in [1.807, 2.05) is 24.3 Å². The van der Waals surface area contributed by atoms with Crippen LogP contribution in [0.5, 0.6) is 0 Å². The number of carboxylic acid groups (broad SMARTS) is 1. The van der Waals surface area contributed by atoms with E-state index >= 15 is 0 Å². The highest BCUT2D eigenvalue weighted by Crippen LogP contribution is 2.25. The molecule has 1 aromatic carbocycles. The number of aliphatic carboxylic acids is 1. The van der Waals surface area contributed by atoms with Crippen LogP contribution in [0.2, 0.25) is 0 Å². The molecule has 1 aromatic rings. The van der Waals surface area contributed by atoms with Gasteiger partial charge in [0.2, 0.25) is 0 Å². The van der Waals surface area contributed by atoms with E-state index < -0.39 is 18.0 Å². The van der Waals surface area contributed by atoms with Gasteiger partial charge in [0.25, 0.3) is 0 Å². The minimum Gasteiger partial charge on any atom is -0.481 e. The molecule has 2 unspecified atom stereocenters. The summed E-state index contributed by atoms with van der Waals surface area (Å²) in [5.41, 5.74) is 1.89. The van der Waals surface area contributed by atoms with Crippen LogP contribution in [0.1, 0.15) is 44.4 Å². The van der Waals surface area contributed by atoms with E-state index in [0.29, 0.717) is 17.9 Å². The van der Waals surface area contributed by atoms with Crippen molar-refractivity contribution in [1.29, 1.82) is 0 Å².